The number of amides is 1. The highest BCUT2D eigenvalue weighted by atomic mass is 35.7. The molecule has 1 saturated heterocycles. The monoisotopic (exact) mass is 331 g/mol. The first-order valence-electron chi connectivity index (χ1n) is 6.75. The van der Waals surface area contributed by atoms with Crippen molar-refractivity contribution in [2.24, 2.45) is 5.92 Å². The molecular formula is C14H18ClNO4S. The first-order chi connectivity index (χ1) is 9.82. The summed E-state index contributed by atoms with van der Waals surface area (Å²) in [5.74, 6) is 0.731. The average molecular weight is 332 g/mol. The van der Waals surface area contributed by atoms with Gasteiger partial charge in [-0.1, -0.05) is 6.92 Å². The summed E-state index contributed by atoms with van der Waals surface area (Å²) in [7, 11) is 2.91. The fraction of sp³-hybridized carbons (Fsp3) is 0.500. The summed E-state index contributed by atoms with van der Waals surface area (Å²) in [5.41, 5.74) is 0.230. The van der Waals surface area contributed by atoms with Crippen LogP contribution in [0.1, 0.15) is 30.1 Å². The lowest BCUT2D eigenvalue weighted by atomic mass is 9.98. The molecule has 1 aliphatic heterocycles. The fourth-order valence-corrected chi connectivity index (χ4v) is 3.17. The van der Waals surface area contributed by atoms with Crippen molar-refractivity contribution < 1.29 is 17.9 Å². The van der Waals surface area contributed by atoms with Crippen LogP contribution in [0.3, 0.4) is 0 Å². The van der Waals surface area contributed by atoms with Gasteiger partial charge in [0, 0.05) is 23.8 Å². The maximum absolute atomic E-state index is 12.6. The number of piperidine rings is 1. The van der Waals surface area contributed by atoms with E-state index in [1.807, 2.05) is 0 Å². The summed E-state index contributed by atoms with van der Waals surface area (Å²) in [6.45, 7) is 3.49. The molecule has 7 heteroatoms. The number of carbonyl (C=O) groups is 1. The molecule has 0 aromatic heterocycles. The molecular weight excluding hydrogens is 314 g/mol. The molecule has 1 aliphatic rings. The van der Waals surface area contributed by atoms with Gasteiger partial charge in [-0.05, 0) is 37.0 Å². The van der Waals surface area contributed by atoms with Gasteiger partial charge in [-0.2, -0.15) is 0 Å². The van der Waals surface area contributed by atoms with E-state index in [1.165, 1.54) is 25.3 Å². The molecule has 1 heterocycles. The zero-order chi connectivity index (χ0) is 15.6. The third kappa shape index (κ3) is 3.68. The van der Waals surface area contributed by atoms with Gasteiger partial charge < -0.3 is 9.64 Å². The van der Waals surface area contributed by atoms with Crippen LogP contribution in [0.2, 0.25) is 0 Å². The predicted octanol–water partition coefficient (Wildman–Crippen LogP) is 2.49. The summed E-state index contributed by atoms with van der Waals surface area (Å²) >= 11 is 0. The van der Waals surface area contributed by atoms with Crippen LogP contribution in [-0.4, -0.2) is 39.4 Å². The number of benzene rings is 1. The third-order valence-corrected chi connectivity index (χ3v) is 5.11. The lowest BCUT2D eigenvalue weighted by Gasteiger charge is -2.30. The van der Waals surface area contributed by atoms with E-state index in [0.29, 0.717) is 24.8 Å². The number of rotatable bonds is 3. The minimum Gasteiger partial charge on any atom is -0.496 e. The first-order valence-corrected chi connectivity index (χ1v) is 9.06. The Morgan fingerprint density at radius 3 is 2.48 bits per heavy atom. The van der Waals surface area contributed by atoms with Crippen molar-refractivity contribution in [2.45, 2.75) is 24.7 Å². The first kappa shape index (κ1) is 16.1. The van der Waals surface area contributed by atoms with E-state index in [0.717, 1.165) is 12.8 Å². The molecule has 0 N–H and O–H groups in total. The SMILES string of the molecule is COc1ccc(S(=O)(=O)Cl)cc1C(=O)N1CCC(C)CC1. The Labute approximate surface area is 129 Å². The topological polar surface area (TPSA) is 63.7 Å². The molecule has 116 valence electrons. The van der Waals surface area contributed by atoms with Crippen molar-refractivity contribution in [3.8, 4) is 5.75 Å². The molecule has 0 atom stereocenters. The smallest absolute Gasteiger partial charge is 0.261 e. The second-order valence-corrected chi connectivity index (χ2v) is 7.84. The molecule has 0 spiro atoms. The van der Waals surface area contributed by atoms with Crippen molar-refractivity contribution >= 4 is 25.6 Å². The highest BCUT2D eigenvalue weighted by Gasteiger charge is 2.25. The molecule has 2 rings (SSSR count). The molecule has 21 heavy (non-hydrogen) atoms. The van der Waals surface area contributed by atoms with Gasteiger partial charge in [0.25, 0.3) is 15.0 Å². The van der Waals surface area contributed by atoms with Gasteiger partial charge in [-0.3, -0.25) is 4.79 Å². The molecule has 0 bridgehead atoms. The van der Waals surface area contributed by atoms with Gasteiger partial charge in [0.1, 0.15) is 5.75 Å². The zero-order valence-electron chi connectivity index (χ0n) is 12.0. The molecule has 0 radical (unpaired) electrons. The number of carbonyl (C=O) groups excluding carboxylic acids is 1. The van der Waals surface area contributed by atoms with Gasteiger partial charge in [0.05, 0.1) is 17.6 Å². The van der Waals surface area contributed by atoms with Crippen molar-refractivity contribution in [2.75, 3.05) is 20.2 Å². The highest BCUT2D eigenvalue weighted by Crippen LogP contribution is 2.27. The Kier molecular flexibility index (Phi) is 4.78. The van der Waals surface area contributed by atoms with E-state index in [4.69, 9.17) is 15.4 Å². The number of nitrogens with zero attached hydrogens (tertiary/aromatic N) is 1. The summed E-state index contributed by atoms with van der Waals surface area (Å²) in [4.78, 5) is 14.2. The number of methoxy groups -OCH3 is 1. The predicted molar refractivity (Wildman–Crippen MR) is 80.3 cm³/mol. The van der Waals surface area contributed by atoms with Crippen LogP contribution >= 0.6 is 10.7 Å². The van der Waals surface area contributed by atoms with E-state index in [2.05, 4.69) is 6.92 Å². The number of hydrogen-bond donors (Lipinski definition) is 0. The van der Waals surface area contributed by atoms with Crippen LogP contribution in [0.25, 0.3) is 0 Å². The Morgan fingerprint density at radius 1 is 1.33 bits per heavy atom. The van der Waals surface area contributed by atoms with Crippen LogP contribution in [-0.2, 0) is 9.05 Å². The van der Waals surface area contributed by atoms with E-state index in [1.54, 1.807) is 4.90 Å². The van der Waals surface area contributed by atoms with E-state index >= 15 is 0 Å². The van der Waals surface area contributed by atoms with Gasteiger partial charge >= 0.3 is 0 Å². The molecule has 1 fully saturated rings. The fourth-order valence-electron chi connectivity index (χ4n) is 2.39. The second-order valence-electron chi connectivity index (χ2n) is 5.27. The van der Waals surface area contributed by atoms with E-state index in [9.17, 15) is 13.2 Å². The minimum atomic E-state index is -3.88. The van der Waals surface area contributed by atoms with Crippen molar-refractivity contribution in [3.05, 3.63) is 23.8 Å². The summed E-state index contributed by atoms with van der Waals surface area (Å²) in [6.07, 6.45) is 1.89. The largest absolute Gasteiger partial charge is 0.496 e. The second kappa shape index (κ2) is 6.23. The Morgan fingerprint density at radius 2 is 1.95 bits per heavy atom. The van der Waals surface area contributed by atoms with Crippen LogP contribution in [0.5, 0.6) is 5.75 Å². The lowest BCUT2D eigenvalue weighted by molar-refractivity contribution is 0.0693. The van der Waals surface area contributed by atoms with E-state index < -0.39 is 9.05 Å². The van der Waals surface area contributed by atoms with Crippen LogP contribution < -0.4 is 4.74 Å². The van der Waals surface area contributed by atoms with E-state index in [-0.39, 0.29) is 16.4 Å². The van der Waals surface area contributed by atoms with Gasteiger partial charge in [0.2, 0.25) is 0 Å². The number of likely N-dealkylation sites (tertiary alicyclic amines) is 1. The third-order valence-electron chi connectivity index (χ3n) is 3.75. The average Bonchev–Trinajstić information content (AvgIpc) is 2.45. The zero-order valence-corrected chi connectivity index (χ0v) is 13.6. The molecule has 0 aliphatic carbocycles. The quantitative estimate of drug-likeness (QED) is 0.798. The Hall–Kier alpha value is -1.27. The van der Waals surface area contributed by atoms with Gasteiger partial charge in [0.15, 0.2) is 0 Å². The maximum Gasteiger partial charge on any atom is 0.261 e. The summed E-state index contributed by atoms with van der Waals surface area (Å²) in [5, 5.41) is 0. The molecule has 0 unspecified atom stereocenters. The van der Waals surface area contributed by atoms with Crippen molar-refractivity contribution in [1.29, 1.82) is 0 Å². The van der Waals surface area contributed by atoms with Gasteiger partial charge in [-0.15, -0.1) is 0 Å². The number of halogens is 1. The molecule has 1 amide bonds. The molecule has 0 saturated carbocycles. The minimum absolute atomic E-state index is 0.0984. The number of ether oxygens (including phenoxy) is 1. The Balaban J connectivity index is 2.34. The van der Waals surface area contributed by atoms with Crippen LogP contribution in [0.4, 0.5) is 0 Å². The van der Waals surface area contributed by atoms with Crippen molar-refractivity contribution in [1.82, 2.24) is 4.90 Å². The molecule has 1 aromatic carbocycles. The highest BCUT2D eigenvalue weighted by molar-refractivity contribution is 8.13. The lowest BCUT2D eigenvalue weighted by Crippen LogP contribution is -2.38. The standard InChI is InChI=1S/C14H18ClNO4S/c1-10-5-7-16(8-6-10)14(17)12-9-11(21(15,18)19)3-4-13(12)20-2/h3-4,9-10H,5-8H2,1-2H3. The van der Waals surface area contributed by atoms with Crippen LogP contribution in [0.15, 0.2) is 23.1 Å². The number of hydrogen-bond acceptors (Lipinski definition) is 4. The van der Waals surface area contributed by atoms with Crippen LogP contribution in [0, 0.1) is 5.92 Å². The maximum atomic E-state index is 12.6. The summed E-state index contributed by atoms with van der Waals surface area (Å²) in [6, 6.07) is 4.06. The van der Waals surface area contributed by atoms with Gasteiger partial charge in [-0.25, -0.2) is 8.42 Å². The molecule has 5 nitrogen and oxygen atoms in total. The van der Waals surface area contributed by atoms with Crippen molar-refractivity contribution in [3.63, 3.8) is 0 Å². The normalized spacial score (nSPS) is 16.8. The molecule has 1 aromatic rings. The summed E-state index contributed by atoms with van der Waals surface area (Å²) < 4.78 is 28.0. The Bertz CT molecular complexity index is 636.